The summed E-state index contributed by atoms with van der Waals surface area (Å²) in [6.45, 7) is 5.98. The fourth-order valence-electron chi connectivity index (χ4n) is 0.819. The number of benzene rings is 1. The molecule has 2 heteroatoms. The van der Waals surface area contributed by atoms with Crippen molar-refractivity contribution in [1.29, 1.82) is 5.41 Å². The molecule has 0 saturated heterocycles. The summed E-state index contributed by atoms with van der Waals surface area (Å²) in [7, 11) is 0. The Labute approximate surface area is 73.9 Å². The Morgan fingerprint density at radius 1 is 1.33 bits per heavy atom. The molecular formula is C10H16N2. The van der Waals surface area contributed by atoms with Crippen LogP contribution in [0.2, 0.25) is 0 Å². The van der Waals surface area contributed by atoms with Gasteiger partial charge >= 0.3 is 0 Å². The van der Waals surface area contributed by atoms with Gasteiger partial charge in [-0.05, 0) is 19.1 Å². The Balaban J connectivity index is 0.000000561. The first-order valence-electron chi connectivity index (χ1n) is 4.10. The second kappa shape index (κ2) is 5.35. The highest BCUT2D eigenvalue weighted by Gasteiger charge is 1.93. The summed E-state index contributed by atoms with van der Waals surface area (Å²) < 4.78 is 0. The molecule has 3 N–H and O–H groups in total. The van der Waals surface area contributed by atoms with E-state index in [1.807, 2.05) is 39.0 Å². The first-order valence-corrected chi connectivity index (χ1v) is 4.10. The molecule has 0 spiro atoms. The van der Waals surface area contributed by atoms with Gasteiger partial charge in [-0.1, -0.05) is 25.5 Å². The molecule has 2 nitrogen and oxygen atoms in total. The van der Waals surface area contributed by atoms with Crippen molar-refractivity contribution in [3.8, 4) is 0 Å². The molecular weight excluding hydrogens is 148 g/mol. The van der Waals surface area contributed by atoms with Crippen LogP contribution in [0.3, 0.4) is 0 Å². The summed E-state index contributed by atoms with van der Waals surface area (Å²) in [6.07, 6.45) is 1.27. The number of nitrogens with one attached hydrogen (secondary N) is 1. The Kier molecular flexibility index (Phi) is 4.77. The maximum Gasteiger partial charge on any atom is 0.0403 e. The summed E-state index contributed by atoms with van der Waals surface area (Å²) in [5.41, 5.74) is 8.14. The van der Waals surface area contributed by atoms with E-state index in [0.29, 0.717) is 5.69 Å². The SMILES string of the molecule is CC.Cc1ccc(N)c(C=N)c1. The van der Waals surface area contributed by atoms with Gasteiger partial charge < -0.3 is 11.1 Å². The normalized spacial score (nSPS) is 8.25. The van der Waals surface area contributed by atoms with Crippen LogP contribution < -0.4 is 5.73 Å². The van der Waals surface area contributed by atoms with E-state index in [2.05, 4.69) is 0 Å². The zero-order valence-electron chi connectivity index (χ0n) is 7.89. The van der Waals surface area contributed by atoms with Crippen molar-refractivity contribution in [2.45, 2.75) is 20.8 Å². The molecule has 0 atom stereocenters. The van der Waals surface area contributed by atoms with Crippen LogP contribution in [0.15, 0.2) is 18.2 Å². The predicted molar refractivity (Wildman–Crippen MR) is 54.8 cm³/mol. The van der Waals surface area contributed by atoms with Gasteiger partial charge in [-0.25, -0.2) is 0 Å². The molecule has 1 aromatic carbocycles. The van der Waals surface area contributed by atoms with Gasteiger partial charge in [-0.15, -0.1) is 0 Å². The molecule has 0 fully saturated rings. The first-order chi connectivity index (χ1) is 5.74. The summed E-state index contributed by atoms with van der Waals surface area (Å²) in [5, 5.41) is 6.98. The summed E-state index contributed by atoms with van der Waals surface area (Å²) >= 11 is 0. The highest BCUT2D eigenvalue weighted by Crippen LogP contribution is 2.10. The van der Waals surface area contributed by atoms with E-state index in [1.165, 1.54) is 6.21 Å². The third-order valence-corrected chi connectivity index (χ3v) is 1.40. The lowest BCUT2D eigenvalue weighted by Gasteiger charge is -1.98. The second-order valence-electron chi connectivity index (χ2n) is 2.28. The van der Waals surface area contributed by atoms with Gasteiger partial charge in [0.05, 0.1) is 0 Å². The number of hydrogen-bond donors (Lipinski definition) is 2. The zero-order valence-corrected chi connectivity index (χ0v) is 7.89. The number of rotatable bonds is 1. The van der Waals surface area contributed by atoms with Crippen molar-refractivity contribution in [2.75, 3.05) is 5.73 Å². The van der Waals surface area contributed by atoms with Gasteiger partial charge in [0.15, 0.2) is 0 Å². The van der Waals surface area contributed by atoms with Gasteiger partial charge in [-0.3, -0.25) is 0 Å². The molecule has 0 amide bonds. The van der Waals surface area contributed by atoms with Crippen LogP contribution in [0, 0.1) is 12.3 Å². The van der Waals surface area contributed by atoms with Gasteiger partial charge in [-0.2, -0.15) is 0 Å². The number of nitrogens with two attached hydrogens (primary N) is 1. The Bertz CT molecular complexity index is 254. The van der Waals surface area contributed by atoms with E-state index in [4.69, 9.17) is 11.1 Å². The first kappa shape index (κ1) is 10.7. The topological polar surface area (TPSA) is 49.9 Å². The molecule has 0 bridgehead atoms. The molecule has 0 aliphatic heterocycles. The lowest BCUT2D eigenvalue weighted by Crippen LogP contribution is -1.92. The average Bonchev–Trinajstić information content (AvgIpc) is 2.13. The number of hydrogen-bond acceptors (Lipinski definition) is 2. The summed E-state index contributed by atoms with van der Waals surface area (Å²) in [6, 6.07) is 5.64. The number of nitrogen functional groups attached to an aromatic ring is 1. The van der Waals surface area contributed by atoms with Gasteiger partial charge in [0.2, 0.25) is 0 Å². The molecule has 0 aliphatic carbocycles. The van der Waals surface area contributed by atoms with Crippen molar-refractivity contribution in [1.82, 2.24) is 0 Å². The lowest BCUT2D eigenvalue weighted by molar-refractivity contribution is 1.45. The minimum atomic E-state index is 0.667. The monoisotopic (exact) mass is 164 g/mol. The number of aryl methyl sites for hydroxylation is 1. The smallest absolute Gasteiger partial charge is 0.0403 e. The van der Waals surface area contributed by atoms with Crippen LogP contribution in [-0.4, -0.2) is 6.21 Å². The third kappa shape index (κ3) is 2.74. The van der Waals surface area contributed by atoms with Crippen molar-refractivity contribution >= 4 is 11.9 Å². The van der Waals surface area contributed by atoms with Crippen molar-refractivity contribution in [3.05, 3.63) is 29.3 Å². The quantitative estimate of drug-likeness (QED) is 0.486. The molecule has 12 heavy (non-hydrogen) atoms. The maximum absolute atomic E-state index is 6.98. The lowest BCUT2D eigenvalue weighted by atomic mass is 10.1. The molecule has 0 aromatic heterocycles. The van der Waals surface area contributed by atoms with E-state index in [-0.39, 0.29) is 0 Å². The molecule has 0 radical (unpaired) electrons. The van der Waals surface area contributed by atoms with Gasteiger partial charge in [0.1, 0.15) is 0 Å². The highest BCUT2D eigenvalue weighted by molar-refractivity contribution is 5.84. The van der Waals surface area contributed by atoms with E-state index >= 15 is 0 Å². The van der Waals surface area contributed by atoms with Crippen LogP contribution in [0.1, 0.15) is 25.0 Å². The molecule has 0 saturated carbocycles. The largest absolute Gasteiger partial charge is 0.398 e. The average molecular weight is 164 g/mol. The standard InChI is InChI=1S/C8H10N2.C2H6/c1-6-2-3-8(10)7(4-6)5-9;1-2/h2-5,9H,10H2,1H3;1-2H3. The van der Waals surface area contributed by atoms with Gasteiger partial charge in [0.25, 0.3) is 0 Å². The fourth-order valence-corrected chi connectivity index (χ4v) is 0.819. The Morgan fingerprint density at radius 2 is 1.92 bits per heavy atom. The van der Waals surface area contributed by atoms with E-state index in [1.54, 1.807) is 0 Å². The summed E-state index contributed by atoms with van der Waals surface area (Å²) in [4.78, 5) is 0. The van der Waals surface area contributed by atoms with Crippen LogP contribution in [0.25, 0.3) is 0 Å². The van der Waals surface area contributed by atoms with E-state index < -0.39 is 0 Å². The van der Waals surface area contributed by atoms with Crippen LogP contribution in [-0.2, 0) is 0 Å². The molecule has 1 rings (SSSR count). The molecule has 0 aliphatic rings. The van der Waals surface area contributed by atoms with Crippen LogP contribution >= 0.6 is 0 Å². The fraction of sp³-hybridized carbons (Fsp3) is 0.300. The molecule has 1 aromatic rings. The minimum Gasteiger partial charge on any atom is -0.398 e. The van der Waals surface area contributed by atoms with E-state index in [9.17, 15) is 0 Å². The number of anilines is 1. The molecule has 66 valence electrons. The zero-order chi connectivity index (χ0) is 9.56. The van der Waals surface area contributed by atoms with Crippen molar-refractivity contribution in [2.24, 2.45) is 0 Å². The highest BCUT2D eigenvalue weighted by atomic mass is 14.6. The van der Waals surface area contributed by atoms with E-state index in [0.717, 1.165) is 11.1 Å². The maximum atomic E-state index is 6.98. The predicted octanol–water partition coefficient (Wildman–Crippen LogP) is 2.60. The third-order valence-electron chi connectivity index (χ3n) is 1.40. The summed E-state index contributed by atoms with van der Waals surface area (Å²) in [5.74, 6) is 0. The minimum absolute atomic E-state index is 0.667. The van der Waals surface area contributed by atoms with Crippen molar-refractivity contribution in [3.63, 3.8) is 0 Å². The van der Waals surface area contributed by atoms with Gasteiger partial charge in [0, 0.05) is 17.5 Å². The van der Waals surface area contributed by atoms with Crippen LogP contribution in [0.4, 0.5) is 5.69 Å². The Morgan fingerprint density at radius 3 is 2.33 bits per heavy atom. The molecule has 0 unspecified atom stereocenters. The van der Waals surface area contributed by atoms with Crippen LogP contribution in [0.5, 0.6) is 0 Å². The molecule has 0 heterocycles. The second-order valence-corrected chi connectivity index (χ2v) is 2.28. The Hall–Kier alpha value is -1.31. The van der Waals surface area contributed by atoms with Crippen molar-refractivity contribution < 1.29 is 0 Å².